The van der Waals surface area contributed by atoms with Gasteiger partial charge >= 0.3 is 0 Å². The van der Waals surface area contributed by atoms with Crippen LogP contribution >= 0.6 is 0 Å². The van der Waals surface area contributed by atoms with Crippen LogP contribution in [0.25, 0.3) is 0 Å². The topological polar surface area (TPSA) is 98.5 Å². The zero-order valence-corrected chi connectivity index (χ0v) is 11.8. The zero-order chi connectivity index (χ0) is 14.5. The second-order valence-corrected chi connectivity index (χ2v) is 6.18. The maximum absolute atomic E-state index is 11.8. The normalized spacial score (nSPS) is 11.3. The third kappa shape index (κ3) is 4.88. The molecule has 0 unspecified atom stereocenters. The van der Waals surface area contributed by atoms with E-state index < -0.39 is 9.84 Å². The summed E-state index contributed by atoms with van der Waals surface area (Å²) in [5, 5.41) is 2.67. The molecule has 0 heterocycles. The average Bonchev–Trinajstić information content (AvgIpc) is 2.32. The van der Waals surface area contributed by atoms with Crippen molar-refractivity contribution >= 4 is 21.4 Å². The van der Waals surface area contributed by atoms with Crippen LogP contribution in [0.3, 0.4) is 0 Å². The van der Waals surface area contributed by atoms with Crippen molar-refractivity contribution in [2.75, 3.05) is 32.3 Å². The monoisotopic (exact) mass is 286 g/mol. The van der Waals surface area contributed by atoms with E-state index in [-0.39, 0.29) is 22.1 Å². The third-order valence-corrected chi connectivity index (χ3v) is 3.52. The van der Waals surface area contributed by atoms with Crippen LogP contribution in [0.2, 0.25) is 0 Å². The Morgan fingerprint density at radius 1 is 1.37 bits per heavy atom. The fourth-order valence-electron chi connectivity index (χ4n) is 1.49. The van der Waals surface area contributed by atoms with Gasteiger partial charge in [-0.25, -0.2) is 8.42 Å². The standard InChI is InChI=1S/C12H18N2O4S/c1-18-5-3-4-14-12(15)9-6-10(13)8-11(7-9)19(2,16)17/h6-8H,3-5,13H2,1-2H3,(H,14,15). The predicted octanol–water partition coefficient (Wildman–Crippen LogP) is 0.439. The van der Waals surface area contributed by atoms with Gasteiger partial charge in [-0.15, -0.1) is 0 Å². The summed E-state index contributed by atoms with van der Waals surface area (Å²) in [6.45, 7) is 1.00. The van der Waals surface area contributed by atoms with E-state index in [4.69, 9.17) is 10.5 Å². The summed E-state index contributed by atoms with van der Waals surface area (Å²) in [5.41, 5.74) is 6.08. The third-order valence-electron chi connectivity index (χ3n) is 2.43. The molecule has 6 nitrogen and oxygen atoms in total. The number of ether oxygens (including phenoxy) is 1. The van der Waals surface area contributed by atoms with Gasteiger partial charge in [0.2, 0.25) is 0 Å². The van der Waals surface area contributed by atoms with Gasteiger partial charge < -0.3 is 15.8 Å². The first-order valence-corrected chi connectivity index (χ1v) is 7.61. The second kappa shape index (κ2) is 6.53. The molecule has 0 saturated heterocycles. The van der Waals surface area contributed by atoms with Crippen molar-refractivity contribution in [3.05, 3.63) is 23.8 Å². The van der Waals surface area contributed by atoms with E-state index in [1.54, 1.807) is 7.11 Å². The molecular weight excluding hydrogens is 268 g/mol. The number of sulfone groups is 1. The Hall–Kier alpha value is -1.60. The number of carbonyl (C=O) groups excluding carboxylic acids is 1. The van der Waals surface area contributed by atoms with Crippen LogP contribution in [0.5, 0.6) is 0 Å². The van der Waals surface area contributed by atoms with Crippen molar-refractivity contribution < 1.29 is 17.9 Å². The molecule has 0 aliphatic carbocycles. The second-order valence-electron chi connectivity index (χ2n) is 4.17. The molecule has 106 valence electrons. The van der Waals surface area contributed by atoms with Crippen molar-refractivity contribution in [2.45, 2.75) is 11.3 Å². The minimum atomic E-state index is -3.39. The first-order valence-electron chi connectivity index (χ1n) is 5.72. The van der Waals surface area contributed by atoms with E-state index in [0.717, 1.165) is 6.26 Å². The summed E-state index contributed by atoms with van der Waals surface area (Å²) < 4.78 is 27.8. The molecular formula is C12H18N2O4S. The highest BCUT2D eigenvalue weighted by molar-refractivity contribution is 7.90. The molecule has 1 aromatic carbocycles. The summed E-state index contributed by atoms with van der Waals surface area (Å²) in [4.78, 5) is 11.9. The highest BCUT2D eigenvalue weighted by atomic mass is 32.2. The van der Waals surface area contributed by atoms with Gasteiger partial charge in [-0.3, -0.25) is 4.79 Å². The van der Waals surface area contributed by atoms with Crippen LogP contribution in [-0.4, -0.2) is 40.8 Å². The molecule has 0 fully saturated rings. The number of nitrogens with two attached hydrogens (primary N) is 1. The highest BCUT2D eigenvalue weighted by Crippen LogP contribution is 2.16. The number of carbonyl (C=O) groups is 1. The Labute approximate surface area is 112 Å². The van der Waals surface area contributed by atoms with Gasteiger partial charge in [0.25, 0.3) is 5.91 Å². The number of nitrogens with one attached hydrogen (secondary N) is 1. The van der Waals surface area contributed by atoms with Crippen LogP contribution in [0.4, 0.5) is 5.69 Å². The fraction of sp³-hybridized carbons (Fsp3) is 0.417. The van der Waals surface area contributed by atoms with Gasteiger partial charge in [0.05, 0.1) is 4.90 Å². The van der Waals surface area contributed by atoms with E-state index in [1.165, 1.54) is 18.2 Å². The van der Waals surface area contributed by atoms with Gasteiger partial charge in [-0.1, -0.05) is 0 Å². The minimum Gasteiger partial charge on any atom is -0.399 e. The lowest BCUT2D eigenvalue weighted by atomic mass is 10.2. The largest absolute Gasteiger partial charge is 0.399 e. The van der Waals surface area contributed by atoms with Crippen LogP contribution in [-0.2, 0) is 14.6 Å². The molecule has 0 saturated carbocycles. The SMILES string of the molecule is COCCCNC(=O)c1cc(N)cc(S(C)(=O)=O)c1. The Balaban J connectivity index is 2.83. The van der Waals surface area contributed by atoms with Crippen LogP contribution in [0.1, 0.15) is 16.8 Å². The van der Waals surface area contributed by atoms with Gasteiger partial charge in [-0.2, -0.15) is 0 Å². The van der Waals surface area contributed by atoms with Gasteiger partial charge in [-0.05, 0) is 24.6 Å². The van der Waals surface area contributed by atoms with Crippen molar-refractivity contribution in [3.63, 3.8) is 0 Å². The van der Waals surface area contributed by atoms with Gasteiger partial charge in [0.1, 0.15) is 0 Å². The Morgan fingerprint density at radius 3 is 2.63 bits per heavy atom. The Bertz CT molecular complexity index is 555. The van der Waals surface area contributed by atoms with Gasteiger partial charge in [0.15, 0.2) is 9.84 Å². The molecule has 0 bridgehead atoms. The molecule has 19 heavy (non-hydrogen) atoms. The number of amides is 1. The number of benzene rings is 1. The number of hydrogen-bond donors (Lipinski definition) is 2. The number of rotatable bonds is 6. The van der Waals surface area contributed by atoms with E-state index in [0.29, 0.717) is 19.6 Å². The van der Waals surface area contributed by atoms with Crippen molar-refractivity contribution in [3.8, 4) is 0 Å². The maximum atomic E-state index is 11.8. The minimum absolute atomic E-state index is 0.0366. The summed E-state index contributed by atoms with van der Waals surface area (Å²) >= 11 is 0. The first-order chi connectivity index (χ1) is 8.84. The van der Waals surface area contributed by atoms with Crippen molar-refractivity contribution in [1.29, 1.82) is 0 Å². The molecule has 7 heteroatoms. The number of methoxy groups -OCH3 is 1. The van der Waals surface area contributed by atoms with E-state index in [1.807, 2.05) is 0 Å². The smallest absolute Gasteiger partial charge is 0.251 e. The lowest BCUT2D eigenvalue weighted by Crippen LogP contribution is -2.25. The summed E-state index contributed by atoms with van der Waals surface area (Å²) in [5.74, 6) is -0.353. The number of nitrogen functional groups attached to an aromatic ring is 1. The zero-order valence-electron chi connectivity index (χ0n) is 11.0. The Morgan fingerprint density at radius 2 is 2.05 bits per heavy atom. The van der Waals surface area contributed by atoms with Crippen LogP contribution in [0.15, 0.2) is 23.1 Å². The molecule has 1 aromatic rings. The summed E-state index contributed by atoms with van der Waals surface area (Å²) in [6.07, 6.45) is 1.76. The summed E-state index contributed by atoms with van der Waals surface area (Å²) in [6, 6.07) is 4.09. The van der Waals surface area contributed by atoms with E-state index >= 15 is 0 Å². The van der Waals surface area contributed by atoms with Crippen molar-refractivity contribution in [1.82, 2.24) is 5.32 Å². The molecule has 0 atom stereocenters. The molecule has 1 rings (SSSR count). The molecule has 1 amide bonds. The molecule has 3 N–H and O–H groups in total. The van der Waals surface area contributed by atoms with Gasteiger partial charge in [0, 0.05) is 37.8 Å². The number of anilines is 1. The molecule has 0 aliphatic heterocycles. The average molecular weight is 286 g/mol. The predicted molar refractivity (Wildman–Crippen MR) is 72.8 cm³/mol. The molecule has 0 aromatic heterocycles. The molecule has 0 spiro atoms. The molecule has 0 aliphatic rings. The lowest BCUT2D eigenvalue weighted by Gasteiger charge is -2.07. The van der Waals surface area contributed by atoms with Crippen molar-refractivity contribution in [2.24, 2.45) is 0 Å². The summed E-state index contributed by atoms with van der Waals surface area (Å²) in [7, 11) is -1.81. The van der Waals surface area contributed by atoms with Crippen LogP contribution in [0, 0.1) is 0 Å². The quantitative estimate of drug-likeness (QED) is 0.584. The highest BCUT2D eigenvalue weighted by Gasteiger charge is 2.13. The first kappa shape index (κ1) is 15.5. The molecule has 0 radical (unpaired) electrons. The van der Waals surface area contributed by atoms with Crippen LogP contribution < -0.4 is 11.1 Å². The van der Waals surface area contributed by atoms with E-state index in [9.17, 15) is 13.2 Å². The van der Waals surface area contributed by atoms with E-state index in [2.05, 4.69) is 5.32 Å². The maximum Gasteiger partial charge on any atom is 0.251 e. The lowest BCUT2D eigenvalue weighted by molar-refractivity contribution is 0.0948. The number of hydrogen-bond acceptors (Lipinski definition) is 5. The Kier molecular flexibility index (Phi) is 5.31. The fourth-order valence-corrected chi connectivity index (χ4v) is 2.18.